The number of benzene rings is 1. The highest BCUT2D eigenvalue weighted by molar-refractivity contribution is 7.89. The van der Waals surface area contributed by atoms with Crippen molar-refractivity contribution in [3.8, 4) is 0 Å². The number of alkyl halides is 3. The Bertz CT molecular complexity index is 936. The Hall–Kier alpha value is -1.68. The second-order valence-corrected chi connectivity index (χ2v) is 10.6. The number of rotatable bonds is 7. The molecule has 2 fully saturated rings. The van der Waals surface area contributed by atoms with Gasteiger partial charge in [-0.05, 0) is 63.1 Å². The summed E-state index contributed by atoms with van der Waals surface area (Å²) in [5.74, 6) is -0.134. The van der Waals surface area contributed by atoms with E-state index in [9.17, 15) is 21.6 Å². The van der Waals surface area contributed by atoms with Gasteiger partial charge in [0.2, 0.25) is 10.0 Å². The Morgan fingerprint density at radius 2 is 1.59 bits per heavy atom. The molecule has 1 aromatic carbocycles. The summed E-state index contributed by atoms with van der Waals surface area (Å²) in [4.78, 5) is 2.53. The van der Waals surface area contributed by atoms with Crippen LogP contribution in [0, 0.1) is 5.92 Å². The standard InChI is InChI=1S/C23H29F3N2O3S/c1-31-22(23(24,25)26)13-9-18(10-14-22)17-27-15-11-20(12-16-27)28(19-7-8-19)32(29,30)21-5-3-2-4-6-21/h2-6,9-10,13-14,18-20H,7-8,11-12,15-17H2,1H3. The van der Waals surface area contributed by atoms with Gasteiger partial charge in [-0.2, -0.15) is 17.5 Å². The van der Waals surface area contributed by atoms with E-state index in [-0.39, 0.29) is 18.0 Å². The van der Waals surface area contributed by atoms with Crippen LogP contribution >= 0.6 is 0 Å². The molecular weight excluding hydrogens is 441 g/mol. The molecule has 0 bridgehead atoms. The third-order valence-corrected chi connectivity index (χ3v) is 8.59. The topological polar surface area (TPSA) is 49.9 Å². The molecule has 1 heterocycles. The van der Waals surface area contributed by atoms with Gasteiger partial charge in [0, 0.05) is 31.7 Å². The van der Waals surface area contributed by atoms with Crippen LogP contribution in [-0.2, 0) is 14.8 Å². The number of sulfonamides is 1. The van der Waals surface area contributed by atoms with Gasteiger partial charge in [0.25, 0.3) is 0 Å². The van der Waals surface area contributed by atoms with Gasteiger partial charge >= 0.3 is 6.18 Å². The first-order valence-electron chi connectivity index (χ1n) is 11.0. The van der Waals surface area contributed by atoms with Crippen molar-refractivity contribution in [2.45, 2.75) is 54.4 Å². The van der Waals surface area contributed by atoms with Crippen molar-refractivity contribution >= 4 is 10.0 Å². The van der Waals surface area contributed by atoms with Crippen LogP contribution in [0.4, 0.5) is 13.2 Å². The zero-order valence-electron chi connectivity index (χ0n) is 18.0. The van der Waals surface area contributed by atoms with Crippen molar-refractivity contribution in [3.63, 3.8) is 0 Å². The minimum Gasteiger partial charge on any atom is -0.361 e. The second-order valence-electron chi connectivity index (χ2n) is 8.79. The first kappa shape index (κ1) is 23.5. The van der Waals surface area contributed by atoms with Crippen LogP contribution in [0.2, 0.25) is 0 Å². The first-order valence-corrected chi connectivity index (χ1v) is 12.4. The molecule has 0 atom stereocenters. The molecule has 0 radical (unpaired) electrons. The number of methoxy groups -OCH3 is 1. The van der Waals surface area contributed by atoms with Crippen LogP contribution in [0.1, 0.15) is 25.7 Å². The van der Waals surface area contributed by atoms with Crippen molar-refractivity contribution in [2.75, 3.05) is 26.7 Å². The highest BCUT2D eigenvalue weighted by Crippen LogP contribution is 2.39. The summed E-state index contributed by atoms with van der Waals surface area (Å²) in [6, 6.07) is 8.59. The van der Waals surface area contributed by atoms with Gasteiger partial charge in [0.15, 0.2) is 5.60 Å². The fourth-order valence-electron chi connectivity index (χ4n) is 4.60. The maximum absolute atomic E-state index is 13.3. The van der Waals surface area contributed by atoms with Gasteiger partial charge < -0.3 is 9.64 Å². The highest BCUT2D eigenvalue weighted by Gasteiger charge is 2.53. The first-order chi connectivity index (χ1) is 15.2. The smallest absolute Gasteiger partial charge is 0.361 e. The Morgan fingerprint density at radius 3 is 2.09 bits per heavy atom. The van der Waals surface area contributed by atoms with Crippen LogP contribution in [-0.4, -0.2) is 68.2 Å². The number of hydrogen-bond donors (Lipinski definition) is 0. The third-order valence-electron chi connectivity index (χ3n) is 6.57. The van der Waals surface area contributed by atoms with E-state index >= 15 is 0 Å². The number of nitrogens with zero attached hydrogens (tertiary/aromatic N) is 2. The lowest BCUT2D eigenvalue weighted by Gasteiger charge is -2.39. The van der Waals surface area contributed by atoms with Gasteiger partial charge in [-0.3, -0.25) is 0 Å². The number of likely N-dealkylation sites (tertiary alicyclic amines) is 1. The average Bonchev–Trinajstić information content (AvgIpc) is 3.60. The normalized spacial score (nSPS) is 27.8. The number of hydrogen-bond acceptors (Lipinski definition) is 4. The van der Waals surface area contributed by atoms with Crippen LogP contribution in [0.15, 0.2) is 59.5 Å². The molecule has 1 aromatic rings. The van der Waals surface area contributed by atoms with Crippen molar-refractivity contribution in [3.05, 3.63) is 54.6 Å². The molecular formula is C23H29F3N2O3S. The van der Waals surface area contributed by atoms with Gasteiger partial charge in [-0.1, -0.05) is 30.4 Å². The molecule has 0 amide bonds. The largest absolute Gasteiger partial charge is 0.424 e. The average molecular weight is 471 g/mol. The minimum absolute atomic E-state index is 0.0484. The summed E-state index contributed by atoms with van der Waals surface area (Å²) in [7, 11) is -2.48. The van der Waals surface area contributed by atoms with Gasteiger partial charge in [-0.25, -0.2) is 8.42 Å². The zero-order chi connectivity index (χ0) is 23.0. The van der Waals surface area contributed by atoms with Crippen LogP contribution in [0.25, 0.3) is 0 Å². The number of piperidine rings is 1. The van der Waals surface area contributed by atoms with E-state index in [4.69, 9.17) is 4.74 Å². The number of ether oxygens (including phenoxy) is 1. The molecule has 1 aliphatic heterocycles. The lowest BCUT2D eigenvalue weighted by molar-refractivity contribution is -0.230. The van der Waals surface area contributed by atoms with Crippen molar-refractivity contribution < 1.29 is 26.3 Å². The molecule has 3 aliphatic rings. The molecule has 32 heavy (non-hydrogen) atoms. The lowest BCUT2D eigenvalue weighted by Crippen LogP contribution is -2.49. The van der Waals surface area contributed by atoms with E-state index in [1.54, 1.807) is 46.8 Å². The maximum atomic E-state index is 13.3. The predicted molar refractivity (Wildman–Crippen MR) is 116 cm³/mol. The molecule has 4 rings (SSSR count). The van der Waals surface area contributed by atoms with Crippen molar-refractivity contribution in [2.24, 2.45) is 5.92 Å². The molecule has 0 unspecified atom stereocenters. The molecule has 0 N–H and O–H groups in total. The van der Waals surface area contributed by atoms with E-state index < -0.39 is 21.8 Å². The van der Waals surface area contributed by atoms with Gasteiger partial charge in [0.1, 0.15) is 0 Å². The molecule has 0 aromatic heterocycles. The lowest BCUT2D eigenvalue weighted by atomic mass is 9.91. The Morgan fingerprint density at radius 1 is 1.03 bits per heavy atom. The summed E-state index contributed by atoms with van der Waals surface area (Å²) in [5, 5.41) is 0. The summed E-state index contributed by atoms with van der Waals surface area (Å²) < 4.78 is 72.9. The molecule has 5 nitrogen and oxygen atoms in total. The Labute approximate surface area is 187 Å². The van der Waals surface area contributed by atoms with E-state index in [1.807, 2.05) is 0 Å². The van der Waals surface area contributed by atoms with Gasteiger partial charge in [-0.15, -0.1) is 0 Å². The zero-order valence-corrected chi connectivity index (χ0v) is 18.9. The second kappa shape index (κ2) is 8.93. The Balaban J connectivity index is 1.37. The molecule has 1 saturated carbocycles. The molecule has 2 aliphatic carbocycles. The molecule has 176 valence electrons. The van der Waals surface area contributed by atoms with Crippen LogP contribution < -0.4 is 0 Å². The molecule has 9 heteroatoms. The number of halogens is 3. The van der Waals surface area contributed by atoms with Crippen molar-refractivity contribution in [1.29, 1.82) is 0 Å². The monoisotopic (exact) mass is 470 g/mol. The van der Waals surface area contributed by atoms with E-state index in [2.05, 4.69) is 4.90 Å². The van der Waals surface area contributed by atoms with Crippen molar-refractivity contribution in [1.82, 2.24) is 9.21 Å². The predicted octanol–water partition coefficient (Wildman–Crippen LogP) is 3.99. The summed E-state index contributed by atoms with van der Waals surface area (Å²) in [5.41, 5.74) is -2.35. The minimum atomic E-state index is -4.51. The Kier molecular flexibility index (Phi) is 6.55. The summed E-state index contributed by atoms with van der Waals surface area (Å²) in [6.07, 6.45) is 4.00. The quantitative estimate of drug-likeness (QED) is 0.566. The van der Waals surface area contributed by atoms with E-state index in [1.165, 1.54) is 0 Å². The van der Waals surface area contributed by atoms with Gasteiger partial charge in [0.05, 0.1) is 4.90 Å². The molecule has 1 saturated heterocycles. The summed E-state index contributed by atoms with van der Waals surface area (Å²) in [6.45, 7) is 2.03. The van der Waals surface area contributed by atoms with Crippen LogP contribution in [0.3, 0.4) is 0 Å². The fraction of sp³-hybridized carbons (Fsp3) is 0.565. The SMILES string of the molecule is COC1(C(F)(F)F)C=CC(CN2CCC(N(C3CC3)S(=O)(=O)c3ccccc3)CC2)C=C1. The fourth-order valence-corrected chi connectivity index (χ4v) is 6.55. The molecule has 0 spiro atoms. The van der Waals surface area contributed by atoms with E-state index in [0.717, 1.165) is 32.1 Å². The third kappa shape index (κ3) is 4.66. The highest BCUT2D eigenvalue weighted by atomic mass is 32.2. The maximum Gasteiger partial charge on any atom is 0.424 e. The van der Waals surface area contributed by atoms with Crippen LogP contribution in [0.5, 0.6) is 0 Å². The summed E-state index contributed by atoms with van der Waals surface area (Å²) >= 11 is 0. The van der Waals surface area contributed by atoms with E-state index in [0.29, 0.717) is 37.4 Å².